The lowest BCUT2D eigenvalue weighted by Crippen LogP contribution is -2.28. The minimum Gasteiger partial charge on any atom is -0.496 e. The summed E-state index contributed by atoms with van der Waals surface area (Å²) in [4.78, 5) is 12.3. The van der Waals surface area contributed by atoms with Gasteiger partial charge >= 0.3 is 5.97 Å². The SMILES string of the molecule is CCCCCCCCCCCCC[C@H]1Cc2cccc(OC)c2C(=O)O1. The molecular formula is C23H36O3. The van der Waals surface area contributed by atoms with Crippen molar-refractivity contribution in [2.75, 3.05) is 7.11 Å². The Morgan fingerprint density at radius 2 is 1.58 bits per heavy atom. The summed E-state index contributed by atoms with van der Waals surface area (Å²) in [6, 6.07) is 5.80. The number of methoxy groups -OCH3 is 1. The minimum atomic E-state index is -0.225. The zero-order valence-electron chi connectivity index (χ0n) is 16.7. The molecule has 1 atom stereocenters. The summed E-state index contributed by atoms with van der Waals surface area (Å²) >= 11 is 0. The maximum atomic E-state index is 12.3. The van der Waals surface area contributed by atoms with Gasteiger partial charge in [0.2, 0.25) is 0 Å². The second kappa shape index (κ2) is 12.0. The minimum absolute atomic E-state index is 0.0284. The van der Waals surface area contributed by atoms with Crippen LogP contribution in [0, 0.1) is 0 Å². The lowest BCUT2D eigenvalue weighted by Gasteiger charge is -2.25. The highest BCUT2D eigenvalue weighted by atomic mass is 16.5. The van der Waals surface area contributed by atoms with Gasteiger partial charge in [-0.3, -0.25) is 0 Å². The highest BCUT2D eigenvalue weighted by molar-refractivity contribution is 5.95. The third-order valence-corrected chi connectivity index (χ3v) is 5.39. The number of hydrogen-bond acceptors (Lipinski definition) is 3. The van der Waals surface area contributed by atoms with Crippen molar-refractivity contribution in [2.24, 2.45) is 0 Å². The number of benzene rings is 1. The Hall–Kier alpha value is -1.51. The van der Waals surface area contributed by atoms with Crippen LogP contribution in [-0.4, -0.2) is 19.2 Å². The van der Waals surface area contributed by atoms with E-state index in [9.17, 15) is 4.79 Å². The predicted molar refractivity (Wildman–Crippen MR) is 107 cm³/mol. The number of cyclic esters (lactones) is 1. The molecule has 0 aliphatic carbocycles. The van der Waals surface area contributed by atoms with Gasteiger partial charge in [0, 0.05) is 6.42 Å². The molecule has 1 aromatic carbocycles. The normalized spacial score (nSPS) is 16.2. The van der Waals surface area contributed by atoms with Gasteiger partial charge in [0.15, 0.2) is 0 Å². The highest BCUT2D eigenvalue weighted by Crippen LogP contribution is 2.30. The molecule has 1 aromatic rings. The number of carbonyl (C=O) groups excluding carboxylic acids is 1. The number of carbonyl (C=O) groups is 1. The van der Waals surface area contributed by atoms with Crippen LogP contribution in [0.4, 0.5) is 0 Å². The zero-order valence-corrected chi connectivity index (χ0v) is 16.7. The van der Waals surface area contributed by atoms with E-state index in [0.29, 0.717) is 11.3 Å². The van der Waals surface area contributed by atoms with Gasteiger partial charge in [-0.25, -0.2) is 4.79 Å². The number of hydrogen-bond donors (Lipinski definition) is 0. The largest absolute Gasteiger partial charge is 0.496 e. The molecule has 0 spiro atoms. The Bertz CT molecular complexity index is 538. The molecule has 0 N–H and O–H groups in total. The molecule has 146 valence electrons. The fourth-order valence-electron chi connectivity index (χ4n) is 3.84. The van der Waals surface area contributed by atoms with Crippen molar-refractivity contribution < 1.29 is 14.3 Å². The Morgan fingerprint density at radius 3 is 2.19 bits per heavy atom. The van der Waals surface area contributed by atoms with E-state index in [4.69, 9.17) is 9.47 Å². The Morgan fingerprint density at radius 1 is 0.962 bits per heavy atom. The van der Waals surface area contributed by atoms with E-state index in [1.807, 2.05) is 18.2 Å². The quantitative estimate of drug-likeness (QED) is 0.298. The van der Waals surface area contributed by atoms with E-state index in [2.05, 4.69) is 6.92 Å². The second-order valence-electron chi connectivity index (χ2n) is 7.55. The summed E-state index contributed by atoms with van der Waals surface area (Å²) in [6.45, 7) is 2.27. The lowest BCUT2D eigenvalue weighted by atomic mass is 9.95. The molecule has 0 unspecified atom stereocenters. The molecule has 0 radical (unpaired) electrons. The number of esters is 1. The second-order valence-corrected chi connectivity index (χ2v) is 7.55. The van der Waals surface area contributed by atoms with Crippen LogP contribution in [0.3, 0.4) is 0 Å². The first-order valence-electron chi connectivity index (χ1n) is 10.6. The molecule has 1 heterocycles. The van der Waals surface area contributed by atoms with Crippen molar-refractivity contribution in [3.05, 3.63) is 29.3 Å². The molecule has 0 saturated carbocycles. The average molecular weight is 361 g/mol. The molecule has 0 saturated heterocycles. The first-order chi connectivity index (χ1) is 12.8. The van der Waals surface area contributed by atoms with E-state index in [1.165, 1.54) is 64.2 Å². The average Bonchev–Trinajstić information content (AvgIpc) is 2.65. The molecule has 0 fully saturated rings. The first-order valence-corrected chi connectivity index (χ1v) is 10.6. The van der Waals surface area contributed by atoms with Crippen LogP contribution < -0.4 is 4.74 Å². The van der Waals surface area contributed by atoms with Crippen molar-refractivity contribution in [3.63, 3.8) is 0 Å². The molecule has 26 heavy (non-hydrogen) atoms. The zero-order chi connectivity index (χ0) is 18.6. The van der Waals surface area contributed by atoms with Gasteiger partial charge in [-0.1, -0.05) is 83.3 Å². The van der Waals surface area contributed by atoms with E-state index in [1.54, 1.807) is 7.11 Å². The summed E-state index contributed by atoms with van der Waals surface area (Å²) in [7, 11) is 1.60. The summed E-state index contributed by atoms with van der Waals surface area (Å²) in [6.07, 6.45) is 16.6. The molecule has 1 aliphatic heterocycles. The number of ether oxygens (including phenoxy) is 2. The summed E-state index contributed by atoms with van der Waals surface area (Å²) in [5.41, 5.74) is 1.68. The highest BCUT2D eigenvalue weighted by Gasteiger charge is 2.28. The van der Waals surface area contributed by atoms with Crippen LogP contribution in [0.25, 0.3) is 0 Å². The summed E-state index contributed by atoms with van der Waals surface area (Å²) < 4.78 is 10.9. The van der Waals surface area contributed by atoms with Gasteiger partial charge < -0.3 is 9.47 Å². The molecular weight excluding hydrogens is 324 g/mol. The molecule has 0 aromatic heterocycles. The van der Waals surface area contributed by atoms with Gasteiger partial charge in [0.25, 0.3) is 0 Å². The maximum absolute atomic E-state index is 12.3. The van der Waals surface area contributed by atoms with Gasteiger partial charge in [-0.05, 0) is 24.5 Å². The first kappa shape index (κ1) is 20.8. The van der Waals surface area contributed by atoms with Crippen LogP contribution in [0.2, 0.25) is 0 Å². The standard InChI is InChI=1S/C23H36O3/c1-3-4-5-6-7-8-9-10-11-12-13-16-20-18-19-15-14-17-21(25-2)22(19)23(24)26-20/h14-15,17,20H,3-13,16,18H2,1-2H3/t20-/m0/s1. The van der Waals surface area contributed by atoms with Crippen LogP contribution in [-0.2, 0) is 11.2 Å². The smallest absolute Gasteiger partial charge is 0.342 e. The third kappa shape index (κ3) is 6.66. The predicted octanol–water partition coefficient (Wildman–Crippen LogP) is 6.48. The Kier molecular flexibility index (Phi) is 9.58. The molecule has 0 amide bonds. The number of unbranched alkanes of at least 4 members (excludes halogenated alkanes) is 10. The number of fused-ring (bicyclic) bond motifs is 1. The maximum Gasteiger partial charge on any atom is 0.342 e. The Balaban J connectivity index is 1.56. The van der Waals surface area contributed by atoms with Crippen molar-refractivity contribution in [1.29, 1.82) is 0 Å². The van der Waals surface area contributed by atoms with E-state index in [0.717, 1.165) is 24.8 Å². The van der Waals surface area contributed by atoms with Gasteiger partial charge in [0.05, 0.1) is 7.11 Å². The summed E-state index contributed by atoms with van der Waals surface area (Å²) in [5, 5.41) is 0. The molecule has 2 rings (SSSR count). The van der Waals surface area contributed by atoms with Gasteiger partial charge in [-0.2, -0.15) is 0 Å². The van der Waals surface area contributed by atoms with E-state index < -0.39 is 0 Å². The number of rotatable bonds is 13. The van der Waals surface area contributed by atoms with Crippen LogP contribution in [0.15, 0.2) is 18.2 Å². The fourth-order valence-corrected chi connectivity index (χ4v) is 3.84. The third-order valence-electron chi connectivity index (χ3n) is 5.39. The van der Waals surface area contributed by atoms with Crippen molar-refractivity contribution in [3.8, 4) is 5.75 Å². The molecule has 1 aliphatic rings. The van der Waals surface area contributed by atoms with Crippen molar-refractivity contribution >= 4 is 5.97 Å². The van der Waals surface area contributed by atoms with Crippen LogP contribution in [0.5, 0.6) is 5.75 Å². The lowest BCUT2D eigenvalue weighted by molar-refractivity contribution is 0.0227. The topological polar surface area (TPSA) is 35.5 Å². The molecule has 3 nitrogen and oxygen atoms in total. The van der Waals surface area contributed by atoms with Crippen molar-refractivity contribution in [2.45, 2.75) is 96.5 Å². The Labute approximate surface area is 159 Å². The van der Waals surface area contributed by atoms with E-state index in [-0.39, 0.29) is 12.1 Å². The van der Waals surface area contributed by atoms with Gasteiger partial charge in [0.1, 0.15) is 17.4 Å². The van der Waals surface area contributed by atoms with Crippen LogP contribution >= 0.6 is 0 Å². The van der Waals surface area contributed by atoms with Crippen molar-refractivity contribution in [1.82, 2.24) is 0 Å². The monoisotopic (exact) mass is 360 g/mol. The van der Waals surface area contributed by atoms with Gasteiger partial charge in [-0.15, -0.1) is 0 Å². The molecule has 0 bridgehead atoms. The van der Waals surface area contributed by atoms with Crippen LogP contribution in [0.1, 0.15) is 99.9 Å². The molecule has 3 heteroatoms. The van der Waals surface area contributed by atoms with E-state index >= 15 is 0 Å². The fraction of sp³-hybridized carbons (Fsp3) is 0.696. The summed E-state index contributed by atoms with van der Waals surface area (Å²) in [5.74, 6) is 0.400.